The highest BCUT2D eigenvalue weighted by molar-refractivity contribution is 5.75. The van der Waals surface area contributed by atoms with Gasteiger partial charge in [0.1, 0.15) is 12.1 Å². The number of rotatable bonds is 6. The maximum atomic E-state index is 11.0. The van der Waals surface area contributed by atoms with Gasteiger partial charge in [-0.3, -0.25) is 4.79 Å². The van der Waals surface area contributed by atoms with Crippen molar-refractivity contribution < 1.29 is 14.3 Å². The topological polar surface area (TPSA) is 61.5 Å². The Morgan fingerprint density at radius 3 is 2.21 bits per heavy atom. The minimum absolute atomic E-state index is 0.229. The molecule has 14 heavy (non-hydrogen) atoms. The van der Waals surface area contributed by atoms with E-state index < -0.39 is 6.04 Å². The maximum absolute atomic E-state index is 11.0. The molecular weight excluding hydrogens is 182 g/mol. The van der Waals surface area contributed by atoms with Crippen molar-refractivity contribution in [2.45, 2.75) is 39.8 Å². The standard InChI is InChI=1S/C10H21NO3/c1-7(2)5-13-6-8(3)14-10(12)9(4)11/h7-9H,5-6,11H2,1-4H3/t8-,9-/m0/s1. The molecule has 0 fully saturated rings. The van der Waals surface area contributed by atoms with Crippen LogP contribution in [0.1, 0.15) is 27.7 Å². The minimum atomic E-state index is -0.567. The lowest BCUT2D eigenvalue weighted by molar-refractivity contribution is -0.152. The van der Waals surface area contributed by atoms with Gasteiger partial charge in [0.05, 0.1) is 6.61 Å². The van der Waals surface area contributed by atoms with Crippen molar-refractivity contribution in [2.75, 3.05) is 13.2 Å². The molecule has 0 aromatic rings. The fourth-order valence-corrected chi connectivity index (χ4v) is 0.809. The molecule has 4 heteroatoms. The van der Waals surface area contributed by atoms with Crippen LogP contribution in [-0.2, 0) is 14.3 Å². The molecule has 0 aromatic carbocycles. The van der Waals surface area contributed by atoms with E-state index >= 15 is 0 Å². The summed E-state index contributed by atoms with van der Waals surface area (Å²) in [6.45, 7) is 8.64. The third kappa shape index (κ3) is 6.86. The molecule has 0 bridgehead atoms. The lowest BCUT2D eigenvalue weighted by Gasteiger charge is -2.15. The van der Waals surface area contributed by atoms with E-state index in [-0.39, 0.29) is 12.1 Å². The van der Waals surface area contributed by atoms with Gasteiger partial charge in [0.15, 0.2) is 0 Å². The van der Waals surface area contributed by atoms with E-state index in [2.05, 4.69) is 13.8 Å². The summed E-state index contributed by atoms with van der Waals surface area (Å²) >= 11 is 0. The summed E-state index contributed by atoms with van der Waals surface area (Å²) in [7, 11) is 0. The van der Waals surface area contributed by atoms with Crippen molar-refractivity contribution in [2.24, 2.45) is 11.7 Å². The lowest BCUT2D eigenvalue weighted by atomic mass is 10.2. The Morgan fingerprint density at radius 1 is 1.21 bits per heavy atom. The molecule has 0 amide bonds. The fourth-order valence-electron chi connectivity index (χ4n) is 0.809. The molecule has 2 atom stereocenters. The summed E-state index contributed by atoms with van der Waals surface area (Å²) in [6, 6.07) is -0.567. The van der Waals surface area contributed by atoms with E-state index in [1.165, 1.54) is 0 Å². The fraction of sp³-hybridized carbons (Fsp3) is 0.900. The van der Waals surface area contributed by atoms with Crippen molar-refractivity contribution in [3.63, 3.8) is 0 Å². The lowest BCUT2D eigenvalue weighted by Crippen LogP contribution is -2.33. The van der Waals surface area contributed by atoms with Gasteiger partial charge in [0.25, 0.3) is 0 Å². The number of esters is 1. The molecule has 0 aliphatic heterocycles. The van der Waals surface area contributed by atoms with Gasteiger partial charge in [-0.2, -0.15) is 0 Å². The number of nitrogens with two attached hydrogens (primary N) is 1. The van der Waals surface area contributed by atoms with Gasteiger partial charge in [0.2, 0.25) is 0 Å². The minimum Gasteiger partial charge on any atom is -0.459 e. The van der Waals surface area contributed by atoms with Crippen LogP contribution < -0.4 is 5.73 Å². The van der Waals surface area contributed by atoms with Crippen LogP contribution in [-0.4, -0.2) is 31.3 Å². The number of hydrogen-bond donors (Lipinski definition) is 1. The molecule has 0 saturated carbocycles. The molecular formula is C10H21NO3. The number of carbonyl (C=O) groups excluding carboxylic acids is 1. The average Bonchev–Trinajstić information content (AvgIpc) is 2.02. The molecule has 4 nitrogen and oxygen atoms in total. The normalized spacial score (nSPS) is 15.3. The van der Waals surface area contributed by atoms with Crippen molar-refractivity contribution in [3.8, 4) is 0 Å². The Kier molecular flexibility index (Phi) is 6.49. The van der Waals surface area contributed by atoms with Crippen LogP contribution in [0.5, 0.6) is 0 Å². The number of ether oxygens (including phenoxy) is 2. The summed E-state index contributed by atoms with van der Waals surface area (Å²) in [4.78, 5) is 11.0. The van der Waals surface area contributed by atoms with Crippen LogP contribution in [0, 0.1) is 5.92 Å². The third-order valence-electron chi connectivity index (χ3n) is 1.49. The van der Waals surface area contributed by atoms with Gasteiger partial charge >= 0.3 is 5.97 Å². The smallest absolute Gasteiger partial charge is 0.322 e. The number of carbonyl (C=O) groups is 1. The van der Waals surface area contributed by atoms with E-state index in [1.807, 2.05) is 0 Å². The Hall–Kier alpha value is -0.610. The van der Waals surface area contributed by atoms with Gasteiger partial charge in [0, 0.05) is 6.61 Å². The van der Waals surface area contributed by atoms with Gasteiger partial charge in [-0.1, -0.05) is 13.8 Å². The summed E-state index contributed by atoms with van der Waals surface area (Å²) < 4.78 is 10.3. The van der Waals surface area contributed by atoms with Crippen LogP contribution in [0.2, 0.25) is 0 Å². The van der Waals surface area contributed by atoms with Crippen molar-refractivity contribution in [3.05, 3.63) is 0 Å². The van der Waals surface area contributed by atoms with Crippen molar-refractivity contribution in [1.29, 1.82) is 0 Å². The second-order valence-electron chi connectivity index (χ2n) is 3.97. The molecule has 0 radical (unpaired) electrons. The summed E-state index contributed by atoms with van der Waals surface area (Å²) in [5.41, 5.74) is 5.35. The van der Waals surface area contributed by atoms with E-state index in [0.29, 0.717) is 19.1 Å². The van der Waals surface area contributed by atoms with Crippen molar-refractivity contribution >= 4 is 5.97 Å². The van der Waals surface area contributed by atoms with Gasteiger partial charge in [-0.15, -0.1) is 0 Å². The zero-order valence-corrected chi connectivity index (χ0v) is 9.45. The van der Waals surface area contributed by atoms with Crippen LogP contribution in [0.15, 0.2) is 0 Å². The first-order valence-electron chi connectivity index (χ1n) is 4.97. The molecule has 0 rings (SSSR count). The van der Waals surface area contributed by atoms with Crippen molar-refractivity contribution in [1.82, 2.24) is 0 Å². The highest BCUT2D eigenvalue weighted by atomic mass is 16.6. The first-order chi connectivity index (χ1) is 6.43. The van der Waals surface area contributed by atoms with Crippen LogP contribution >= 0.6 is 0 Å². The van der Waals surface area contributed by atoms with Gasteiger partial charge in [-0.05, 0) is 19.8 Å². The predicted molar refractivity (Wildman–Crippen MR) is 54.9 cm³/mol. The average molecular weight is 203 g/mol. The van der Waals surface area contributed by atoms with Crippen LogP contribution in [0.4, 0.5) is 0 Å². The zero-order chi connectivity index (χ0) is 11.1. The SMILES string of the molecule is CC(C)COC[C@H](C)OC(=O)[C@H](C)N. The Labute approximate surface area is 85.8 Å². The monoisotopic (exact) mass is 203 g/mol. The van der Waals surface area contributed by atoms with E-state index in [4.69, 9.17) is 15.2 Å². The largest absolute Gasteiger partial charge is 0.459 e. The quantitative estimate of drug-likeness (QED) is 0.652. The summed E-state index contributed by atoms with van der Waals surface area (Å²) in [6.07, 6.45) is -0.229. The Morgan fingerprint density at radius 2 is 1.79 bits per heavy atom. The van der Waals surface area contributed by atoms with E-state index in [0.717, 1.165) is 0 Å². The molecule has 0 spiro atoms. The molecule has 2 N–H and O–H groups in total. The molecule has 0 aliphatic carbocycles. The summed E-state index contributed by atoms with van der Waals surface area (Å²) in [5, 5.41) is 0. The number of hydrogen-bond acceptors (Lipinski definition) is 4. The Balaban J connectivity index is 3.55. The summed E-state index contributed by atoms with van der Waals surface area (Å²) in [5.74, 6) is 0.108. The zero-order valence-electron chi connectivity index (χ0n) is 9.45. The maximum Gasteiger partial charge on any atom is 0.322 e. The molecule has 0 aliphatic rings. The van der Waals surface area contributed by atoms with Gasteiger partial charge in [-0.25, -0.2) is 0 Å². The second kappa shape index (κ2) is 6.79. The predicted octanol–water partition coefficient (Wildman–Crippen LogP) is 0.938. The van der Waals surface area contributed by atoms with Crippen LogP contribution in [0.25, 0.3) is 0 Å². The molecule has 0 unspecified atom stereocenters. The Bertz CT molecular complexity index is 169. The van der Waals surface area contributed by atoms with E-state index in [9.17, 15) is 4.79 Å². The first-order valence-corrected chi connectivity index (χ1v) is 4.97. The highest BCUT2D eigenvalue weighted by Crippen LogP contribution is 1.98. The second-order valence-corrected chi connectivity index (χ2v) is 3.97. The van der Waals surface area contributed by atoms with E-state index in [1.54, 1.807) is 13.8 Å². The molecule has 84 valence electrons. The first kappa shape index (κ1) is 13.4. The highest BCUT2D eigenvalue weighted by Gasteiger charge is 2.13. The van der Waals surface area contributed by atoms with Crippen LogP contribution in [0.3, 0.4) is 0 Å². The van der Waals surface area contributed by atoms with Gasteiger partial charge < -0.3 is 15.2 Å². The molecule has 0 heterocycles. The third-order valence-corrected chi connectivity index (χ3v) is 1.49. The molecule has 0 aromatic heterocycles. The molecule has 0 saturated heterocycles.